The molecule has 2 atom stereocenters. The SMILES string of the molecule is COC(C)(C)ON=C(C(=O)NC1C(=O)N2C(C(=O)O)=CSCC12)c1csc(NC(c2ccccc2)(c2ccccc2)c2ccccc2)n1. The number of carbonyl (C=O) groups is 3. The zero-order valence-electron chi connectivity index (χ0n) is 26.3. The number of thiazole rings is 1. The van der Waals surface area contributed by atoms with Crippen LogP contribution in [0.5, 0.6) is 0 Å². The maximum atomic E-state index is 13.8. The molecule has 1 fully saturated rings. The summed E-state index contributed by atoms with van der Waals surface area (Å²) in [5.74, 6) is -3.16. The predicted molar refractivity (Wildman–Crippen MR) is 184 cm³/mol. The average molecular weight is 684 g/mol. The Balaban J connectivity index is 1.36. The summed E-state index contributed by atoms with van der Waals surface area (Å²) in [7, 11) is 1.45. The van der Waals surface area contributed by atoms with Gasteiger partial charge in [0, 0.05) is 37.5 Å². The molecular weight excluding hydrogens is 651 g/mol. The molecule has 11 nitrogen and oxygen atoms in total. The number of methoxy groups -OCH3 is 1. The van der Waals surface area contributed by atoms with E-state index < -0.39 is 41.2 Å². The molecule has 0 spiro atoms. The van der Waals surface area contributed by atoms with E-state index in [1.54, 1.807) is 19.2 Å². The maximum Gasteiger partial charge on any atom is 0.353 e. The van der Waals surface area contributed by atoms with Gasteiger partial charge >= 0.3 is 5.97 Å². The molecule has 2 aliphatic rings. The first kappa shape index (κ1) is 32.9. The van der Waals surface area contributed by atoms with E-state index in [0.29, 0.717) is 10.9 Å². The number of β-lactam (4-membered cyclic amide) rings is 1. The fraction of sp³-hybridized carbons (Fsp3) is 0.229. The normalized spacial score (nSPS) is 17.9. The zero-order valence-corrected chi connectivity index (χ0v) is 28.0. The second kappa shape index (κ2) is 13.6. The molecule has 1 saturated heterocycles. The lowest BCUT2D eigenvalue weighted by atomic mass is 9.77. The van der Waals surface area contributed by atoms with Crippen molar-refractivity contribution < 1.29 is 29.1 Å². The van der Waals surface area contributed by atoms with Gasteiger partial charge in [-0.2, -0.15) is 0 Å². The Bertz CT molecular complexity index is 1770. The van der Waals surface area contributed by atoms with Crippen molar-refractivity contribution in [2.75, 3.05) is 18.2 Å². The Labute approximate surface area is 285 Å². The number of oxime groups is 1. The van der Waals surface area contributed by atoms with Crippen LogP contribution < -0.4 is 10.6 Å². The Kier molecular flexibility index (Phi) is 9.35. The van der Waals surface area contributed by atoms with E-state index in [4.69, 9.17) is 14.6 Å². The number of anilines is 1. The number of aliphatic carboxylic acids is 1. The first-order chi connectivity index (χ1) is 23.1. The third kappa shape index (κ3) is 6.31. The number of hydrogen-bond donors (Lipinski definition) is 3. The van der Waals surface area contributed by atoms with Gasteiger partial charge in [-0.25, -0.2) is 9.78 Å². The first-order valence-corrected chi connectivity index (χ1v) is 17.0. The van der Waals surface area contributed by atoms with Gasteiger partial charge in [-0.3, -0.25) is 14.5 Å². The van der Waals surface area contributed by atoms with Crippen LogP contribution >= 0.6 is 23.1 Å². The lowest BCUT2D eigenvalue weighted by Crippen LogP contribution is -2.72. The second-order valence-electron chi connectivity index (χ2n) is 11.5. The van der Waals surface area contributed by atoms with Crippen molar-refractivity contribution in [3.05, 3.63) is 130 Å². The van der Waals surface area contributed by atoms with Crippen molar-refractivity contribution >= 4 is 51.7 Å². The number of aromatic nitrogens is 1. The number of carboxylic acid groups (broad SMARTS) is 1. The largest absolute Gasteiger partial charge is 0.477 e. The van der Waals surface area contributed by atoms with Gasteiger partial charge in [0.25, 0.3) is 11.8 Å². The van der Waals surface area contributed by atoms with Crippen LogP contribution in [0.4, 0.5) is 5.13 Å². The Hall–Kier alpha value is -4.98. The van der Waals surface area contributed by atoms with E-state index in [1.807, 2.05) is 54.6 Å². The van der Waals surface area contributed by atoms with Crippen molar-refractivity contribution in [2.45, 2.75) is 37.3 Å². The Morgan fingerprint density at radius 3 is 2.04 bits per heavy atom. The molecule has 246 valence electrons. The average Bonchev–Trinajstić information content (AvgIpc) is 3.58. The second-order valence-corrected chi connectivity index (χ2v) is 13.3. The molecule has 48 heavy (non-hydrogen) atoms. The van der Waals surface area contributed by atoms with Gasteiger partial charge in [0.15, 0.2) is 10.8 Å². The molecule has 4 aromatic rings. The Morgan fingerprint density at radius 1 is 0.958 bits per heavy atom. The van der Waals surface area contributed by atoms with Crippen LogP contribution in [0.2, 0.25) is 0 Å². The monoisotopic (exact) mass is 683 g/mol. The standard InChI is InChI=1S/C35H33N5O6S2/c1-34(2,45-3)46-39-28(30(41)37-29-26-20-47-21-27(32(43)44)40(26)31(29)42)25-19-48-33(36-25)38-35(22-13-7-4-8-14-22,23-15-9-5-10-16-23)24-17-11-6-12-18-24/h4-19,21,26,29H,20H2,1-3H3,(H,36,38)(H,37,41)(H,43,44). The van der Waals surface area contributed by atoms with Crippen LogP contribution in [0.3, 0.4) is 0 Å². The van der Waals surface area contributed by atoms with Crippen LogP contribution in [-0.4, -0.2) is 69.2 Å². The number of fused-ring (bicyclic) bond motifs is 1. The number of benzene rings is 3. The molecule has 6 rings (SSSR count). The number of hydrogen-bond acceptors (Lipinski definition) is 10. The van der Waals surface area contributed by atoms with E-state index >= 15 is 0 Å². The van der Waals surface area contributed by atoms with Crippen LogP contribution in [0, 0.1) is 0 Å². The molecule has 0 aliphatic carbocycles. The molecule has 0 radical (unpaired) electrons. The fourth-order valence-corrected chi connectivity index (χ4v) is 7.35. The van der Waals surface area contributed by atoms with Crippen molar-refractivity contribution in [1.82, 2.24) is 15.2 Å². The molecule has 2 aliphatic heterocycles. The minimum absolute atomic E-state index is 0.111. The van der Waals surface area contributed by atoms with Gasteiger partial charge in [-0.05, 0) is 16.7 Å². The minimum Gasteiger partial charge on any atom is -0.477 e. The first-order valence-electron chi connectivity index (χ1n) is 15.1. The molecule has 2 amide bonds. The third-order valence-electron chi connectivity index (χ3n) is 8.17. The summed E-state index contributed by atoms with van der Waals surface area (Å²) >= 11 is 2.56. The summed E-state index contributed by atoms with van der Waals surface area (Å²) in [6.45, 7) is 3.28. The third-order valence-corrected chi connectivity index (χ3v) is 9.85. The van der Waals surface area contributed by atoms with Crippen molar-refractivity contribution in [2.24, 2.45) is 5.16 Å². The van der Waals surface area contributed by atoms with Crippen LogP contribution in [0.1, 0.15) is 36.2 Å². The number of rotatable bonds is 12. The highest BCUT2D eigenvalue weighted by Gasteiger charge is 2.52. The van der Waals surface area contributed by atoms with E-state index in [1.165, 1.54) is 40.5 Å². The molecule has 13 heteroatoms. The van der Waals surface area contributed by atoms with E-state index in [2.05, 4.69) is 52.2 Å². The molecule has 3 N–H and O–H groups in total. The molecule has 1 aromatic heterocycles. The molecular formula is C35H33N5O6S2. The smallest absolute Gasteiger partial charge is 0.353 e. The quantitative estimate of drug-likeness (QED) is 0.0617. The summed E-state index contributed by atoms with van der Waals surface area (Å²) in [5.41, 5.74) is 2.00. The van der Waals surface area contributed by atoms with Gasteiger partial charge in [0.1, 0.15) is 23.0 Å². The van der Waals surface area contributed by atoms with Crippen LogP contribution in [0.15, 0.2) is 113 Å². The molecule has 2 unspecified atom stereocenters. The topological polar surface area (TPSA) is 142 Å². The zero-order chi connectivity index (χ0) is 33.9. The van der Waals surface area contributed by atoms with E-state index in [-0.39, 0.29) is 17.1 Å². The molecule has 3 heterocycles. The number of carboxylic acids is 1. The fourth-order valence-electron chi connectivity index (χ4n) is 5.59. The summed E-state index contributed by atoms with van der Waals surface area (Å²) < 4.78 is 5.34. The van der Waals surface area contributed by atoms with E-state index in [0.717, 1.165) is 16.7 Å². The summed E-state index contributed by atoms with van der Waals surface area (Å²) in [4.78, 5) is 50.1. The van der Waals surface area contributed by atoms with Gasteiger partial charge in [0.05, 0.1) is 6.04 Å². The highest BCUT2D eigenvalue weighted by molar-refractivity contribution is 8.02. The summed E-state index contributed by atoms with van der Waals surface area (Å²) in [6, 6.07) is 28.6. The van der Waals surface area contributed by atoms with Crippen LogP contribution in [-0.2, 0) is 29.5 Å². The number of nitrogens with zero attached hydrogens (tertiary/aromatic N) is 3. The highest BCUT2D eigenvalue weighted by Crippen LogP contribution is 2.41. The van der Waals surface area contributed by atoms with Gasteiger partial charge in [0.2, 0.25) is 5.79 Å². The molecule has 0 saturated carbocycles. The van der Waals surface area contributed by atoms with Crippen molar-refractivity contribution in [1.29, 1.82) is 0 Å². The predicted octanol–water partition coefficient (Wildman–Crippen LogP) is 5.02. The lowest BCUT2D eigenvalue weighted by molar-refractivity contribution is -0.197. The summed E-state index contributed by atoms with van der Waals surface area (Å²) in [5, 5.41) is 23.8. The van der Waals surface area contributed by atoms with Crippen molar-refractivity contribution in [3.8, 4) is 0 Å². The molecule has 0 bridgehead atoms. The number of carbonyl (C=O) groups excluding carboxylic acids is 2. The van der Waals surface area contributed by atoms with Crippen LogP contribution in [0.25, 0.3) is 0 Å². The number of ether oxygens (including phenoxy) is 1. The van der Waals surface area contributed by atoms with Gasteiger partial charge in [-0.15, -0.1) is 23.1 Å². The van der Waals surface area contributed by atoms with E-state index in [9.17, 15) is 19.5 Å². The Morgan fingerprint density at radius 2 is 1.52 bits per heavy atom. The van der Waals surface area contributed by atoms with Gasteiger partial charge in [-0.1, -0.05) is 96.2 Å². The molecule has 3 aromatic carbocycles. The number of amides is 2. The highest BCUT2D eigenvalue weighted by atomic mass is 32.2. The minimum atomic E-state index is -1.21. The number of nitrogens with one attached hydrogen (secondary N) is 2. The maximum absolute atomic E-state index is 13.8. The van der Waals surface area contributed by atoms with Gasteiger partial charge < -0.3 is 25.3 Å². The lowest BCUT2D eigenvalue weighted by Gasteiger charge is -2.48. The number of thioether (sulfide) groups is 1. The summed E-state index contributed by atoms with van der Waals surface area (Å²) in [6.07, 6.45) is 0. The van der Waals surface area contributed by atoms with Crippen molar-refractivity contribution in [3.63, 3.8) is 0 Å².